The smallest absolute Gasteiger partial charge is 0.143 e. The fraction of sp³-hybridized carbons (Fsp3) is 0.333. The lowest BCUT2D eigenvalue weighted by Crippen LogP contribution is -1.81. The molecule has 0 fully saturated rings. The summed E-state index contributed by atoms with van der Waals surface area (Å²) in [6, 6.07) is 0. The molecule has 0 aromatic heterocycles. The molecule has 0 bridgehead atoms. The lowest BCUT2D eigenvalue weighted by atomic mass is 10.4. The average molecular weight is 211 g/mol. The van der Waals surface area contributed by atoms with Crippen LogP contribution in [0.25, 0.3) is 0 Å². The molecule has 0 aromatic rings. The van der Waals surface area contributed by atoms with Crippen LogP contribution in [0.3, 0.4) is 0 Å². The van der Waals surface area contributed by atoms with Crippen LogP contribution in [0.5, 0.6) is 0 Å². The molecule has 3 heteroatoms. The predicted molar refractivity (Wildman–Crippen MR) is 43.9 cm³/mol. The van der Waals surface area contributed by atoms with Crippen LogP contribution < -0.4 is 0 Å². The molecule has 0 saturated heterocycles. The number of hydrogen-bond acceptors (Lipinski definition) is 1. The Bertz CT molecular complexity index is 151. The van der Waals surface area contributed by atoms with Crippen molar-refractivity contribution < 1.29 is 5.11 Å². The highest BCUT2D eigenvalue weighted by molar-refractivity contribution is 9.11. The third-order valence-electron chi connectivity index (χ3n) is 0.824. The van der Waals surface area contributed by atoms with E-state index in [4.69, 9.17) is 16.7 Å². The number of aliphatic hydroxyl groups excluding tert-OH is 1. The van der Waals surface area contributed by atoms with E-state index in [0.29, 0.717) is 4.48 Å². The highest BCUT2D eigenvalue weighted by Gasteiger charge is 2.00. The van der Waals surface area contributed by atoms with Crippen LogP contribution >= 0.6 is 27.5 Å². The fourth-order valence-corrected chi connectivity index (χ4v) is 0.782. The van der Waals surface area contributed by atoms with Crippen molar-refractivity contribution in [2.75, 3.05) is 0 Å². The lowest BCUT2D eigenvalue weighted by molar-refractivity contribution is 0.426. The summed E-state index contributed by atoms with van der Waals surface area (Å²) in [5.74, 6) is 0.0409. The Balaban J connectivity index is 4.28. The van der Waals surface area contributed by atoms with Gasteiger partial charge in [0.05, 0.1) is 5.03 Å². The molecule has 0 aliphatic carbocycles. The molecular weight excluding hydrogens is 203 g/mol. The van der Waals surface area contributed by atoms with E-state index in [2.05, 4.69) is 22.5 Å². The van der Waals surface area contributed by atoms with Gasteiger partial charge in [-0.2, -0.15) is 0 Å². The van der Waals surface area contributed by atoms with E-state index in [0.717, 1.165) is 6.42 Å². The standard InChI is InChI=1S/C6H8BrClO/c1-3-5(7)6(9)4(2)8/h9H,2-3H2,1H3/b6-5-. The molecule has 0 amide bonds. The molecule has 0 aliphatic heterocycles. The SMILES string of the molecule is C=C(Cl)/C(O)=C(/Br)CC. The largest absolute Gasteiger partial charge is 0.506 e. The van der Waals surface area contributed by atoms with Crippen molar-refractivity contribution in [1.29, 1.82) is 0 Å². The molecular formula is C6H8BrClO. The van der Waals surface area contributed by atoms with Crippen molar-refractivity contribution in [2.24, 2.45) is 0 Å². The highest BCUT2D eigenvalue weighted by atomic mass is 79.9. The van der Waals surface area contributed by atoms with Gasteiger partial charge in [-0.3, -0.25) is 0 Å². The first-order chi connectivity index (χ1) is 4.09. The minimum atomic E-state index is 0.0409. The Kier molecular flexibility index (Phi) is 3.98. The summed E-state index contributed by atoms with van der Waals surface area (Å²) in [5.41, 5.74) is 0. The Labute approximate surface area is 68.1 Å². The zero-order chi connectivity index (χ0) is 7.44. The first kappa shape index (κ1) is 9.05. The minimum absolute atomic E-state index is 0.0409. The van der Waals surface area contributed by atoms with Gasteiger partial charge in [0, 0.05) is 4.48 Å². The molecule has 0 radical (unpaired) electrons. The van der Waals surface area contributed by atoms with E-state index >= 15 is 0 Å². The summed E-state index contributed by atoms with van der Waals surface area (Å²) in [5, 5.41) is 9.17. The maximum absolute atomic E-state index is 9.00. The van der Waals surface area contributed by atoms with Gasteiger partial charge >= 0.3 is 0 Å². The van der Waals surface area contributed by atoms with Gasteiger partial charge in [-0.15, -0.1) is 0 Å². The van der Waals surface area contributed by atoms with Crippen molar-refractivity contribution in [1.82, 2.24) is 0 Å². The molecule has 9 heavy (non-hydrogen) atoms. The number of allylic oxidation sites excluding steroid dienone is 2. The Morgan fingerprint density at radius 3 is 2.33 bits per heavy atom. The third-order valence-corrected chi connectivity index (χ3v) is 1.94. The number of hydrogen-bond donors (Lipinski definition) is 1. The minimum Gasteiger partial charge on any atom is -0.506 e. The Morgan fingerprint density at radius 2 is 2.22 bits per heavy atom. The van der Waals surface area contributed by atoms with Crippen LogP contribution in [0.2, 0.25) is 0 Å². The Morgan fingerprint density at radius 1 is 1.78 bits per heavy atom. The fourth-order valence-electron chi connectivity index (χ4n) is 0.315. The average Bonchev–Trinajstić information content (AvgIpc) is 1.84. The quantitative estimate of drug-likeness (QED) is 0.549. The van der Waals surface area contributed by atoms with Gasteiger partial charge in [-0.05, 0) is 6.42 Å². The number of rotatable bonds is 2. The van der Waals surface area contributed by atoms with Gasteiger partial charge in [0.1, 0.15) is 5.76 Å². The molecule has 1 N–H and O–H groups in total. The topological polar surface area (TPSA) is 20.2 Å². The molecule has 0 rings (SSSR count). The monoisotopic (exact) mass is 210 g/mol. The lowest BCUT2D eigenvalue weighted by Gasteiger charge is -1.97. The van der Waals surface area contributed by atoms with Crippen molar-refractivity contribution >= 4 is 27.5 Å². The Hall–Kier alpha value is 0.0500. The van der Waals surface area contributed by atoms with Crippen molar-refractivity contribution in [2.45, 2.75) is 13.3 Å². The summed E-state index contributed by atoms with van der Waals surface area (Å²) in [7, 11) is 0. The van der Waals surface area contributed by atoms with Gasteiger partial charge in [0.2, 0.25) is 0 Å². The van der Waals surface area contributed by atoms with Crippen LogP contribution in [0.1, 0.15) is 13.3 Å². The van der Waals surface area contributed by atoms with Gasteiger partial charge < -0.3 is 5.11 Å². The van der Waals surface area contributed by atoms with Crippen LogP contribution in [0, 0.1) is 0 Å². The molecule has 0 saturated carbocycles. The number of aliphatic hydroxyl groups is 1. The second-order valence-corrected chi connectivity index (χ2v) is 2.93. The van der Waals surface area contributed by atoms with Gasteiger partial charge in [-0.25, -0.2) is 0 Å². The van der Waals surface area contributed by atoms with Crippen molar-refractivity contribution in [3.05, 3.63) is 21.9 Å². The van der Waals surface area contributed by atoms with E-state index in [1.807, 2.05) is 6.92 Å². The summed E-state index contributed by atoms with van der Waals surface area (Å²) in [6.07, 6.45) is 0.720. The second kappa shape index (κ2) is 3.96. The second-order valence-electron chi connectivity index (χ2n) is 1.51. The maximum Gasteiger partial charge on any atom is 0.143 e. The van der Waals surface area contributed by atoms with E-state index in [1.54, 1.807) is 0 Å². The van der Waals surface area contributed by atoms with E-state index in [-0.39, 0.29) is 10.8 Å². The third kappa shape index (κ3) is 2.92. The summed E-state index contributed by atoms with van der Waals surface area (Å²) in [6.45, 7) is 5.25. The molecule has 0 atom stereocenters. The molecule has 1 nitrogen and oxygen atoms in total. The number of halogens is 2. The van der Waals surface area contributed by atoms with E-state index < -0.39 is 0 Å². The molecule has 52 valence electrons. The van der Waals surface area contributed by atoms with E-state index in [1.165, 1.54) is 0 Å². The first-order valence-corrected chi connectivity index (χ1v) is 3.69. The van der Waals surface area contributed by atoms with E-state index in [9.17, 15) is 0 Å². The van der Waals surface area contributed by atoms with Gasteiger partial charge in [-0.1, -0.05) is 41.0 Å². The highest BCUT2D eigenvalue weighted by Crippen LogP contribution is 2.20. The van der Waals surface area contributed by atoms with Gasteiger partial charge in [0.15, 0.2) is 0 Å². The molecule has 0 unspecified atom stereocenters. The van der Waals surface area contributed by atoms with Crippen LogP contribution in [0.15, 0.2) is 21.9 Å². The molecule has 0 heterocycles. The van der Waals surface area contributed by atoms with Crippen LogP contribution in [-0.2, 0) is 0 Å². The molecule has 0 spiro atoms. The van der Waals surface area contributed by atoms with Crippen LogP contribution in [0.4, 0.5) is 0 Å². The zero-order valence-corrected chi connectivity index (χ0v) is 7.46. The predicted octanol–water partition coefficient (Wildman–Crippen LogP) is 3.31. The molecule has 0 aliphatic rings. The maximum atomic E-state index is 9.00. The van der Waals surface area contributed by atoms with Gasteiger partial charge in [0.25, 0.3) is 0 Å². The molecule has 0 aromatic carbocycles. The summed E-state index contributed by atoms with van der Waals surface area (Å²) in [4.78, 5) is 0. The van der Waals surface area contributed by atoms with Crippen molar-refractivity contribution in [3.63, 3.8) is 0 Å². The summed E-state index contributed by atoms with van der Waals surface area (Å²) < 4.78 is 0.683. The summed E-state index contributed by atoms with van der Waals surface area (Å²) >= 11 is 8.50. The first-order valence-electron chi connectivity index (χ1n) is 2.52. The normalized spacial score (nSPS) is 12.8. The van der Waals surface area contributed by atoms with Crippen LogP contribution in [-0.4, -0.2) is 5.11 Å². The van der Waals surface area contributed by atoms with Crippen molar-refractivity contribution in [3.8, 4) is 0 Å². The zero-order valence-electron chi connectivity index (χ0n) is 5.12.